The topological polar surface area (TPSA) is 76.1 Å². The number of aromatic nitrogens is 2. The normalized spacial score (nSPS) is 10.4. The van der Waals surface area contributed by atoms with Crippen molar-refractivity contribution in [3.63, 3.8) is 0 Å². The van der Waals surface area contributed by atoms with Gasteiger partial charge in [0.25, 0.3) is 5.91 Å². The van der Waals surface area contributed by atoms with Crippen LogP contribution in [0, 0.1) is 0 Å². The third-order valence-electron chi connectivity index (χ3n) is 2.72. The summed E-state index contributed by atoms with van der Waals surface area (Å²) in [7, 11) is 1.56. The number of amides is 1. The zero-order valence-corrected chi connectivity index (χ0v) is 13.3. The minimum Gasteiger partial charge on any atom is -0.495 e. The van der Waals surface area contributed by atoms with Crippen LogP contribution < -0.4 is 15.4 Å². The van der Waals surface area contributed by atoms with Crippen molar-refractivity contribution < 1.29 is 9.53 Å². The van der Waals surface area contributed by atoms with E-state index >= 15 is 0 Å². The molecule has 6 nitrogen and oxygen atoms in total. The lowest BCUT2D eigenvalue weighted by molar-refractivity contribution is 0.0938. The van der Waals surface area contributed by atoms with Gasteiger partial charge in [-0.3, -0.25) is 4.79 Å². The van der Waals surface area contributed by atoms with Gasteiger partial charge in [-0.05, 0) is 38.1 Å². The number of rotatable bonds is 5. The van der Waals surface area contributed by atoms with E-state index < -0.39 is 0 Å². The Hall–Kier alpha value is -2.34. The summed E-state index contributed by atoms with van der Waals surface area (Å²) in [5, 5.41) is 6.33. The Kier molecular flexibility index (Phi) is 5.16. The highest BCUT2D eigenvalue weighted by atomic mass is 35.5. The highest BCUT2D eigenvalue weighted by Gasteiger charge is 2.11. The molecule has 116 valence electrons. The van der Waals surface area contributed by atoms with E-state index in [0.717, 1.165) is 0 Å². The number of carbonyl (C=O) groups is 1. The molecule has 0 saturated heterocycles. The molecule has 1 amide bonds. The number of nitrogens with zero attached hydrogens (tertiary/aromatic N) is 2. The fraction of sp³-hybridized carbons (Fsp3) is 0.267. The van der Waals surface area contributed by atoms with Crippen LogP contribution in [-0.4, -0.2) is 29.0 Å². The molecule has 0 saturated carbocycles. The predicted molar refractivity (Wildman–Crippen MR) is 85.9 cm³/mol. The van der Waals surface area contributed by atoms with Gasteiger partial charge in [0, 0.05) is 17.3 Å². The first kappa shape index (κ1) is 16.0. The first-order valence-corrected chi connectivity index (χ1v) is 7.12. The summed E-state index contributed by atoms with van der Waals surface area (Å²) in [5.74, 6) is 0.639. The second-order valence-electron chi connectivity index (χ2n) is 4.86. The van der Waals surface area contributed by atoms with Gasteiger partial charge in [0.1, 0.15) is 11.4 Å². The molecule has 1 heterocycles. The van der Waals surface area contributed by atoms with Crippen molar-refractivity contribution in [3.8, 4) is 5.75 Å². The second-order valence-corrected chi connectivity index (χ2v) is 5.30. The van der Waals surface area contributed by atoms with Crippen LogP contribution in [0.2, 0.25) is 5.02 Å². The molecule has 0 aliphatic rings. The molecule has 22 heavy (non-hydrogen) atoms. The average Bonchev–Trinajstić information content (AvgIpc) is 2.47. The van der Waals surface area contributed by atoms with Crippen LogP contribution in [0.15, 0.2) is 30.5 Å². The maximum Gasteiger partial charge on any atom is 0.270 e. The van der Waals surface area contributed by atoms with Crippen molar-refractivity contribution in [2.24, 2.45) is 0 Å². The molecule has 7 heteroatoms. The van der Waals surface area contributed by atoms with Crippen molar-refractivity contribution in [3.05, 3.63) is 41.2 Å². The number of hydrogen-bond acceptors (Lipinski definition) is 5. The third-order valence-corrected chi connectivity index (χ3v) is 2.95. The number of hydrogen-bond donors (Lipinski definition) is 2. The van der Waals surface area contributed by atoms with E-state index in [4.69, 9.17) is 16.3 Å². The number of carbonyl (C=O) groups excluding carboxylic acids is 1. The summed E-state index contributed by atoms with van der Waals surface area (Å²) in [4.78, 5) is 20.3. The van der Waals surface area contributed by atoms with E-state index in [2.05, 4.69) is 20.6 Å². The zero-order valence-electron chi connectivity index (χ0n) is 12.6. The van der Waals surface area contributed by atoms with Crippen molar-refractivity contribution in [2.45, 2.75) is 19.9 Å². The zero-order chi connectivity index (χ0) is 16.1. The van der Waals surface area contributed by atoms with Gasteiger partial charge in [-0.15, -0.1) is 0 Å². The van der Waals surface area contributed by atoms with Crippen molar-refractivity contribution in [1.82, 2.24) is 15.3 Å². The monoisotopic (exact) mass is 320 g/mol. The summed E-state index contributed by atoms with van der Waals surface area (Å²) in [6.07, 6.45) is 1.52. The molecule has 1 aromatic carbocycles. The molecule has 1 aromatic heterocycles. The largest absolute Gasteiger partial charge is 0.495 e. The standard InChI is InChI=1S/C15H17ClN4O2/c1-9(2)18-14(21)11-6-7-17-15(19-11)20-12-8-10(16)4-5-13(12)22-3/h4-9H,1-3H3,(H,18,21)(H,17,19,20). The Bertz CT molecular complexity index is 676. The summed E-state index contributed by atoms with van der Waals surface area (Å²) in [6, 6.07) is 6.74. The SMILES string of the molecule is COc1ccc(Cl)cc1Nc1nccc(C(=O)NC(C)C)n1. The number of methoxy groups -OCH3 is 1. The third kappa shape index (κ3) is 4.08. The Balaban J connectivity index is 2.24. The molecule has 2 N–H and O–H groups in total. The maximum absolute atomic E-state index is 12.0. The van der Waals surface area contributed by atoms with E-state index in [1.54, 1.807) is 31.4 Å². The Morgan fingerprint density at radius 1 is 1.32 bits per heavy atom. The van der Waals surface area contributed by atoms with E-state index in [9.17, 15) is 4.79 Å². The predicted octanol–water partition coefficient (Wildman–Crippen LogP) is 3.02. The van der Waals surface area contributed by atoms with Crippen LogP contribution in [0.3, 0.4) is 0 Å². The molecular weight excluding hydrogens is 304 g/mol. The fourth-order valence-electron chi connectivity index (χ4n) is 1.78. The Morgan fingerprint density at radius 2 is 2.09 bits per heavy atom. The van der Waals surface area contributed by atoms with Crippen LogP contribution in [0.5, 0.6) is 5.75 Å². The summed E-state index contributed by atoms with van der Waals surface area (Å²) in [5.41, 5.74) is 0.906. The molecule has 0 fully saturated rings. The first-order chi connectivity index (χ1) is 10.5. The average molecular weight is 321 g/mol. The fourth-order valence-corrected chi connectivity index (χ4v) is 1.95. The lowest BCUT2D eigenvalue weighted by Crippen LogP contribution is -2.30. The maximum atomic E-state index is 12.0. The van der Waals surface area contributed by atoms with Crippen LogP contribution >= 0.6 is 11.6 Å². The van der Waals surface area contributed by atoms with Crippen LogP contribution in [0.1, 0.15) is 24.3 Å². The van der Waals surface area contributed by atoms with E-state index in [1.165, 1.54) is 6.20 Å². The van der Waals surface area contributed by atoms with Gasteiger partial charge < -0.3 is 15.4 Å². The molecule has 0 aliphatic carbocycles. The molecular formula is C15H17ClN4O2. The number of halogens is 1. The lowest BCUT2D eigenvalue weighted by atomic mass is 10.3. The van der Waals surface area contributed by atoms with Crippen molar-refractivity contribution in [2.75, 3.05) is 12.4 Å². The smallest absolute Gasteiger partial charge is 0.270 e. The highest BCUT2D eigenvalue weighted by molar-refractivity contribution is 6.31. The van der Waals surface area contributed by atoms with Crippen LogP contribution in [0.25, 0.3) is 0 Å². The van der Waals surface area contributed by atoms with Gasteiger partial charge in [-0.2, -0.15) is 0 Å². The van der Waals surface area contributed by atoms with E-state index in [-0.39, 0.29) is 23.6 Å². The number of nitrogens with one attached hydrogen (secondary N) is 2. The lowest BCUT2D eigenvalue weighted by Gasteiger charge is -2.11. The number of benzene rings is 1. The minimum absolute atomic E-state index is 0.0342. The quantitative estimate of drug-likeness (QED) is 0.885. The van der Waals surface area contributed by atoms with Crippen LogP contribution in [-0.2, 0) is 0 Å². The van der Waals surface area contributed by atoms with E-state index in [0.29, 0.717) is 16.5 Å². The summed E-state index contributed by atoms with van der Waals surface area (Å²) < 4.78 is 5.25. The van der Waals surface area contributed by atoms with Gasteiger partial charge in [0.2, 0.25) is 5.95 Å². The van der Waals surface area contributed by atoms with Gasteiger partial charge >= 0.3 is 0 Å². The molecule has 0 unspecified atom stereocenters. The molecule has 0 radical (unpaired) electrons. The molecule has 2 aromatic rings. The van der Waals surface area contributed by atoms with Crippen molar-refractivity contribution >= 4 is 29.1 Å². The second kappa shape index (κ2) is 7.09. The Morgan fingerprint density at radius 3 is 2.77 bits per heavy atom. The van der Waals surface area contributed by atoms with Gasteiger partial charge in [0.15, 0.2) is 0 Å². The van der Waals surface area contributed by atoms with E-state index in [1.807, 2.05) is 13.8 Å². The summed E-state index contributed by atoms with van der Waals surface area (Å²) >= 11 is 5.98. The van der Waals surface area contributed by atoms with Gasteiger partial charge in [-0.25, -0.2) is 9.97 Å². The molecule has 0 aliphatic heterocycles. The van der Waals surface area contributed by atoms with Gasteiger partial charge in [0.05, 0.1) is 12.8 Å². The highest BCUT2D eigenvalue weighted by Crippen LogP contribution is 2.29. The number of anilines is 2. The molecule has 0 spiro atoms. The number of ether oxygens (including phenoxy) is 1. The Labute approximate surface area is 133 Å². The molecule has 2 rings (SSSR count). The molecule has 0 atom stereocenters. The first-order valence-electron chi connectivity index (χ1n) is 6.74. The summed E-state index contributed by atoms with van der Waals surface area (Å²) in [6.45, 7) is 3.77. The van der Waals surface area contributed by atoms with Crippen molar-refractivity contribution in [1.29, 1.82) is 0 Å². The molecule has 0 bridgehead atoms. The minimum atomic E-state index is -0.251. The van der Waals surface area contributed by atoms with Gasteiger partial charge in [-0.1, -0.05) is 11.6 Å². The van der Waals surface area contributed by atoms with Crippen LogP contribution in [0.4, 0.5) is 11.6 Å².